The molecule has 1 fully saturated rings. The van der Waals surface area contributed by atoms with Gasteiger partial charge in [-0.3, -0.25) is 0 Å². The summed E-state index contributed by atoms with van der Waals surface area (Å²) < 4.78 is 32.5. The van der Waals surface area contributed by atoms with Crippen molar-refractivity contribution in [1.82, 2.24) is 14.3 Å². The molecule has 0 bridgehead atoms. The fourth-order valence-corrected chi connectivity index (χ4v) is 4.86. The summed E-state index contributed by atoms with van der Waals surface area (Å²) in [7, 11) is -3.28. The van der Waals surface area contributed by atoms with E-state index in [0.29, 0.717) is 30.5 Å². The Labute approximate surface area is 172 Å². The maximum Gasteiger partial charge on any atom is 0.228 e. The molecular formula is C21H28N4O3S. The number of aromatic nitrogens is 2. The van der Waals surface area contributed by atoms with Gasteiger partial charge in [0.25, 0.3) is 0 Å². The SMILES string of the molecule is CCS(=O)(=O)N1CCc2nc(N3CCC(C)CC3)nc(Oc3ccccc3)c2C1. The summed E-state index contributed by atoms with van der Waals surface area (Å²) >= 11 is 0. The van der Waals surface area contributed by atoms with Gasteiger partial charge in [-0.15, -0.1) is 0 Å². The summed E-state index contributed by atoms with van der Waals surface area (Å²) in [5.74, 6) is 2.64. The predicted molar refractivity (Wildman–Crippen MR) is 113 cm³/mol. The van der Waals surface area contributed by atoms with E-state index in [9.17, 15) is 8.42 Å². The molecule has 1 saturated heterocycles. The molecule has 7 nitrogen and oxygen atoms in total. The number of sulfonamides is 1. The highest BCUT2D eigenvalue weighted by Crippen LogP contribution is 2.33. The first kappa shape index (κ1) is 20.1. The van der Waals surface area contributed by atoms with E-state index in [4.69, 9.17) is 14.7 Å². The molecule has 1 aromatic carbocycles. The number of anilines is 1. The molecule has 0 atom stereocenters. The highest BCUT2D eigenvalue weighted by Gasteiger charge is 2.31. The van der Waals surface area contributed by atoms with E-state index in [2.05, 4.69) is 11.8 Å². The molecule has 2 aliphatic rings. The second kappa shape index (κ2) is 8.28. The molecule has 1 aromatic heterocycles. The number of hydrogen-bond donors (Lipinski definition) is 0. The number of piperidine rings is 1. The van der Waals surface area contributed by atoms with Crippen LogP contribution in [0.15, 0.2) is 30.3 Å². The van der Waals surface area contributed by atoms with Crippen LogP contribution in [0.4, 0.5) is 5.95 Å². The number of hydrogen-bond acceptors (Lipinski definition) is 6. The van der Waals surface area contributed by atoms with Crippen LogP contribution in [-0.2, 0) is 23.0 Å². The van der Waals surface area contributed by atoms with Crippen molar-refractivity contribution in [3.63, 3.8) is 0 Å². The molecule has 3 heterocycles. The van der Waals surface area contributed by atoms with Gasteiger partial charge in [-0.2, -0.15) is 9.29 Å². The number of rotatable bonds is 5. The number of nitrogens with zero attached hydrogens (tertiary/aromatic N) is 4. The lowest BCUT2D eigenvalue weighted by Crippen LogP contribution is -2.38. The van der Waals surface area contributed by atoms with Gasteiger partial charge < -0.3 is 9.64 Å². The minimum atomic E-state index is -3.28. The molecule has 0 unspecified atom stereocenters. The molecule has 0 spiro atoms. The first-order chi connectivity index (χ1) is 14.0. The van der Waals surface area contributed by atoms with Gasteiger partial charge in [0, 0.05) is 32.6 Å². The zero-order valence-electron chi connectivity index (χ0n) is 17.0. The summed E-state index contributed by atoms with van der Waals surface area (Å²) in [6.07, 6.45) is 2.81. The maximum absolute atomic E-state index is 12.4. The van der Waals surface area contributed by atoms with Crippen molar-refractivity contribution in [3.8, 4) is 11.6 Å². The van der Waals surface area contributed by atoms with Crippen molar-refractivity contribution in [1.29, 1.82) is 0 Å². The van der Waals surface area contributed by atoms with Gasteiger partial charge in [-0.05, 0) is 37.8 Å². The van der Waals surface area contributed by atoms with E-state index < -0.39 is 10.0 Å². The van der Waals surface area contributed by atoms with Crippen LogP contribution < -0.4 is 9.64 Å². The van der Waals surface area contributed by atoms with Gasteiger partial charge in [0.05, 0.1) is 17.0 Å². The average Bonchev–Trinajstić information content (AvgIpc) is 2.74. The van der Waals surface area contributed by atoms with Crippen LogP contribution in [0.5, 0.6) is 11.6 Å². The van der Waals surface area contributed by atoms with Crippen molar-refractivity contribution in [2.75, 3.05) is 30.3 Å². The third kappa shape index (κ3) is 4.38. The zero-order valence-corrected chi connectivity index (χ0v) is 17.9. The number of fused-ring (bicyclic) bond motifs is 1. The fourth-order valence-electron chi connectivity index (χ4n) is 3.80. The molecule has 2 aromatic rings. The smallest absolute Gasteiger partial charge is 0.228 e. The Morgan fingerprint density at radius 3 is 2.52 bits per heavy atom. The van der Waals surface area contributed by atoms with Crippen molar-refractivity contribution < 1.29 is 13.2 Å². The van der Waals surface area contributed by atoms with Crippen molar-refractivity contribution in [3.05, 3.63) is 41.6 Å². The van der Waals surface area contributed by atoms with Gasteiger partial charge >= 0.3 is 0 Å². The topological polar surface area (TPSA) is 75.6 Å². The quantitative estimate of drug-likeness (QED) is 0.745. The highest BCUT2D eigenvalue weighted by atomic mass is 32.2. The van der Waals surface area contributed by atoms with Gasteiger partial charge in [0.1, 0.15) is 5.75 Å². The lowest BCUT2D eigenvalue weighted by Gasteiger charge is -2.32. The van der Waals surface area contributed by atoms with Crippen LogP contribution in [0.1, 0.15) is 37.9 Å². The Morgan fingerprint density at radius 1 is 1.10 bits per heavy atom. The molecule has 0 saturated carbocycles. The summed E-state index contributed by atoms with van der Waals surface area (Å²) in [4.78, 5) is 11.8. The third-order valence-corrected chi connectivity index (χ3v) is 7.59. The molecule has 29 heavy (non-hydrogen) atoms. The standard InChI is InChI=1S/C21H28N4O3S/c1-3-29(26,27)25-14-11-19-18(15-25)20(28-17-7-5-4-6-8-17)23-21(22-19)24-12-9-16(2)10-13-24/h4-8,16H,3,9-15H2,1-2H3. The molecule has 8 heteroatoms. The average molecular weight is 417 g/mol. The number of ether oxygens (including phenoxy) is 1. The second-order valence-electron chi connectivity index (χ2n) is 7.82. The first-order valence-corrected chi connectivity index (χ1v) is 11.9. The van der Waals surface area contributed by atoms with Crippen LogP contribution in [0, 0.1) is 5.92 Å². The minimum Gasteiger partial charge on any atom is -0.439 e. The van der Waals surface area contributed by atoms with Crippen LogP contribution in [0.2, 0.25) is 0 Å². The molecule has 2 aliphatic heterocycles. The Bertz CT molecular complexity index is 957. The first-order valence-electron chi connectivity index (χ1n) is 10.3. The summed E-state index contributed by atoms with van der Waals surface area (Å²) in [6, 6.07) is 9.49. The van der Waals surface area contributed by atoms with E-state index in [1.807, 2.05) is 30.3 Å². The summed E-state index contributed by atoms with van der Waals surface area (Å²) in [5, 5.41) is 0. The molecule has 0 radical (unpaired) electrons. The Hall–Kier alpha value is -2.19. The lowest BCUT2D eigenvalue weighted by atomic mass is 9.99. The minimum absolute atomic E-state index is 0.0854. The predicted octanol–water partition coefficient (Wildman–Crippen LogP) is 3.21. The number of para-hydroxylation sites is 1. The summed E-state index contributed by atoms with van der Waals surface area (Å²) in [5.41, 5.74) is 1.66. The third-order valence-electron chi connectivity index (χ3n) is 5.76. The van der Waals surface area contributed by atoms with Crippen LogP contribution in [0.3, 0.4) is 0 Å². The zero-order chi connectivity index (χ0) is 20.4. The molecular weight excluding hydrogens is 388 g/mol. The van der Waals surface area contributed by atoms with E-state index in [1.165, 1.54) is 4.31 Å². The van der Waals surface area contributed by atoms with Crippen LogP contribution in [0.25, 0.3) is 0 Å². The Morgan fingerprint density at radius 2 is 1.83 bits per heavy atom. The fraction of sp³-hybridized carbons (Fsp3) is 0.524. The van der Waals surface area contributed by atoms with E-state index in [0.717, 1.165) is 43.1 Å². The largest absolute Gasteiger partial charge is 0.439 e. The van der Waals surface area contributed by atoms with E-state index in [1.54, 1.807) is 6.92 Å². The van der Waals surface area contributed by atoms with E-state index in [-0.39, 0.29) is 12.3 Å². The van der Waals surface area contributed by atoms with Gasteiger partial charge in [-0.25, -0.2) is 13.4 Å². The van der Waals surface area contributed by atoms with E-state index >= 15 is 0 Å². The maximum atomic E-state index is 12.4. The molecule has 0 N–H and O–H groups in total. The molecule has 0 amide bonds. The van der Waals surface area contributed by atoms with Crippen molar-refractivity contribution in [2.45, 2.75) is 39.7 Å². The van der Waals surface area contributed by atoms with Gasteiger partial charge in [0.2, 0.25) is 21.9 Å². The second-order valence-corrected chi connectivity index (χ2v) is 10.1. The lowest BCUT2D eigenvalue weighted by molar-refractivity contribution is 0.368. The normalized spacial score (nSPS) is 18.5. The van der Waals surface area contributed by atoms with Crippen LogP contribution in [-0.4, -0.2) is 48.1 Å². The number of benzene rings is 1. The van der Waals surface area contributed by atoms with Gasteiger partial charge in [-0.1, -0.05) is 25.1 Å². The Kier molecular flexibility index (Phi) is 5.74. The van der Waals surface area contributed by atoms with Crippen molar-refractivity contribution in [2.24, 2.45) is 5.92 Å². The molecule has 0 aliphatic carbocycles. The Balaban J connectivity index is 1.70. The summed E-state index contributed by atoms with van der Waals surface area (Å²) in [6.45, 7) is 6.51. The van der Waals surface area contributed by atoms with Crippen molar-refractivity contribution >= 4 is 16.0 Å². The van der Waals surface area contributed by atoms with Gasteiger partial charge in [0.15, 0.2) is 0 Å². The molecule has 4 rings (SSSR count). The van der Waals surface area contributed by atoms with Crippen LogP contribution >= 0.6 is 0 Å². The molecule has 156 valence electrons. The monoisotopic (exact) mass is 416 g/mol. The highest BCUT2D eigenvalue weighted by molar-refractivity contribution is 7.89.